The summed E-state index contributed by atoms with van der Waals surface area (Å²) in [5, 5.41) is 11.7. The summed E-state index contributed by atoms with van der Waals surface area (Å²) in [4.78, 5) is 37.8. The molecule has 26 heavy (non-hydrogen) atoms. The zero-order chi connectivity index (χ0) is 19.7. The summed E-state index contributed by atoms with van der Waals surface area (Å²) >= 11 is 0. The highest BCUT2D eigenvalue weighted by atomic mass is 31.2. The number of carboxylic acids is 1. The summed E-state index contributed by atoms with van der Waals surface area (Å²) in [5.74, 6) is -3.72. The number of hydrogen-bond donors (Lipinski definition) is 4. The van der Waals surface area contributed by atoms with Crippen LogP contribution in [0.2, 0.25) is 0 Å². The number of nitrogens with one attached hydrogen (secondary N) is 1. The first kappa shape index (κ1) is 22.2. The van der Waals surface area contributed by atoms with Crippen LogP contribution in [0.5, 0.6) is 0 Å². The lowest BCUT2D eigenvalue weighted by Crippen LogP contribution is -2.40. The van der Waals surface area contributed by atoms with Crippen molar-refractivity contribution in [3.05, 3.63) is 30.1 Å². The molecule has 0 aliphatic carbocycles. The molecule has 0 saturated heterocycles. The van der Waals surface area contributed by atoms with E-state index in [-0.39, 0.29) is 12.1 Å². The minimum atomic E-state index is -4.46. The lowest BCUT2D eigenvalue weighted by molar-refractivity contribution is -0.145. The molecule has 0 aliphatic heterocycles. The number of aromatic nitrogens is 1. The first-order valence-corrected chi connectivity index (χ1v) is 9.99. The van der Waals surface area contributed by atoms with Gasteiger partial charge in [0.25, 0.3) is 5.91 Å². The highest BCUT2D eigenvalue weighted by molar-refractivity contribution is 7.53. The van der Waals surface area contributed by atoms with Gasteiger partial charge in [0.05, 0.1) is 0 Å². The third-order valence-electron chi connectivity index (χ3n) is 3.63. The first-order chi connectivity index (χ1) is 12.2. The Morgan fingerprint density at radius 2 is 2.04 bits per heavy atom. The van der Waals surface area contributed by atoms with Crippen LogP contribution in [-0.4, -0.2) is 45.3 Å². The van der Waals surface area contributed by atoms with Crippen molar-refractivity contribution in [2.24, 2.45) is 11.7 Å². The van der Waals surface area contributed by atoms with E-state index in [2.05, 4.69) is 10.3 Å². The average molecular weight is 387 g/mol. The quantitative estimate of drug-likeness (QED) is 0.330. The molecule has 0 spiro atoms. The van der Waals surface area contributed by atoms with Gasteiger partial charge in [0.2, 0.25) is 0 Å². The Morgan fingerprint density at radius 1 is 1.35 bits per heavy atom. The van der Waals surface area contributed by atoms with Crippen LogP contribution in [0.1, 0.15) is 43.6 Å². The number of nitrogens with two attached hydrogens (primary N) is 1. The van der Waals surface area contributed by atoms with E-state index in [1.807, 2.05) is 0 Å². The zero-order valence-corrected chi connectivity index (χ0v) is 15.8. The van der Waals surface area contributed by atoms with Gasteiger partial charge < -0.3 is 21.1 Å². The molecule has 146 valence electrons. The number of carbonyl (C=O) groups is 2. The Morgan fingerprint density at radius 3 is 2.54 bits per heavy atom. The molecule has 5 N–H and O–H groups in total. The van der Waals surface area contributed by atoms with Crippen LogP contribution in [0.4, 0.5) is 0 Å². The van der Waals surface area contributed by atoms with E-state index in [0.717, 1.165) is 0 Å². The molecule has 1 heterocycles. The number of nitrogens with zero attached hydrogens (tertiary/aromatic N) is 1. The SMILES string of the molecule is CC(C)C(NC(=O)c1ccccn1)P(=O)(O)O[C@H](CCCCN)C(=O)O. The first-order valence-electron chi connectivity index (χ1n) is 8.34. The molecule has 1 rings (SSSR count). The van der Waals surface area contributed by atoms with Gasteiger partial charge in [-0.25, -0.2) is 4.79 Å². The van der Waals surface area contributed by atoms with Gasteiger partial charge >= 0.3 is 13.6 Å². The van der Waals surface area contributed by atoms with Gasteiger partial charge in [0.1, 0.15) is 11.5 Å². The van der Waals surface area contributed by atoms with Crippen LogP contribution < -0.4 is 11.1 Å². The van der Waals surface area contributed by atoms with Crippen molar-refractivity contribution < 1.29 is 28.7 Å². The zero-order valence-electron chi connectivity index (χ0n) is 14.9. The number of hydrogen-bond acceptors (Lipinski definition) is 6. The minimum absolute atomic E-state index is 0.0517. The molecule has 9 nitrogen and oxygen atoms in total. The molecule has 0 saturated carbocycles. The highest BCUT2D eigenvalue weighted by Gasteiger charge is 2.40. The second-order valence-electron chi connectivity index (χ2n) is 6.16. The predicted octanol–water partition coefficient (Wildman–Crippen LogP) is 1.58. The summed E-state index contributed by atoms with van der Waals surface area (Å²) < 4.78 is 17.7. The number of pyridine rings is 1. The van der Waals surface area contributed by atoms with Crippen molar-refractivity contribution in [3.8, 4) is 0 Å². The average Bonchev–Trinajstić information content (AvgIpc) is 2.58. The van der Waals surface area contributed by atoms with E-state index in [4.69, 9.17) is 10.3 Å². The van der Waals surface area contributed by atoms with E-state index >= 15 is 0 Å². The molecule has 0 fully saturated rings. The highest BCUT2D eigenvalue weighted by Crippen LogP contribution is 2.50. The molecular formula is C16H26N3O6P. The van der Waals surface area contributed by atoms with E-state index < -0.39 is 37.3 Å². The van der Waals surface area contributed by atoms with Crippen molar-refractivity contribution in [1.29, 1.82) is 0 Å². The standard InChI is InChI=1S/C16H26N3O6P/c1-11(2)15(19-14(20)12-7-4-6-10-18-12)26(23,24)25-13(16(21)22)8-3-5-9-17/h4,6-7,10-11,13,15H,3,5,8-9,17H2,1-2H3,(H,19,20)(H,21,22)(H,23,24)/t13-,15?/m1/s1. The van der Waals surface area contributed by atoms with Crippen LogP contribution >= 0.6 is 7.60 Å². The lowest BCUT2D eigenvalue weighted by Gasteiger charge is -2.28. The van der Waals surface area contributed by atoms with Crippen molar-refractivity contribution in [1.82, 2.24) is 10.3 Å². The lowest BCUT2D eigenvalue weighted by atomic mass is 10.1. The molecule has 1 aromatic rings. The maximum atomic E-state index is 12.7. The van der Waals surface area contributed by atoms with E-state index in [0.29, 0.717) is 19.4 Å². The Kier molecular flexibility index (Phi) is 8.87. The maximum absolute atomic E-state index is 12.7. The van der Waals surface area contributed by atoms with Crippen LogP contribution in [0.25, 0.3) is 0 Å². The molecule has 2 unspecified atom stereocenters. The monoisotopic (exact) mass is 387 g/mol. The van der Waals surface area contributed by atoms with Gasteiger partial charge in [-0.15, -0.1) is 0 Å². The van der Waals surface area contributed by atoms with E-state index in [1.165, 1.54) is 12.3 Å². The fourth-order valence-corrected chi connectivity index (χ4v) is 4.00. The second-order valence-corrected chi connectivity index (χ2v) is 8.05. The molecule has 0 bridgehead atoms. The fourth-order valence-electron chi connectivity index (χ4n) is 2.27. The summed E-state index contributed by atoms with van der Waals surface area (Å²) in [5.41, 5.74) is 5.45. The number of aliphatic carboxylic acids is 1. The Balaban J connectivity index is 2.89. The topological polar surface area (TPSA) is 152 Å². The largest absolute Gasteiger partial charge is 0.479 e. The van der Waals surface area contributed by atoms with Gasteiger partial charge in [-0.2, -0.15) is 0 Å². The Hall–Kier alpha value is -1.80. The van der Waals surface area contributed by atoms with Gasteiger partial charge in [-0.1, -0.05) is 19.9 Å². The summed E-state index contributed by atoms with van der Waals surface area (Å²) in [6.45, 7) is 3.64. The minimum Gasteiger partial charge on any atom is -0.479 e. The normalized spacial score (nSPS) is 15.9. The number of rotatable bonds is 11. The number of carboxylic acid groups (broad SMARTS) is 1. The molecule has 0 radical (unpaired) electrons. The molecule has 3 atom stereocenters. The second kappa shape index (κ2) is 10.4. The van der Waals surface area contributed by atoms with Crippen molar-refractivity contribution in [2.75, 3.05) is 6.54 Å². The Labute approximate surface area is 152 Å². The molecule has 10 heteroatoms. The van der Waals surface area contributed by atoms with E-state index in [1.54, 1.807) is 26.0 Å². The molecule has 0 aromatic carbocycles. The van der Waals surface area contributed by atoms with Crippen LogP contribution in [0.3, 0.4) is 0 Å². The molecule has 0 aliphatic rings. The van der Waals surface area contributed by atoms with Crippen molar-refractivity contribution >= 4 is 19.5 Å². The number of unbranched alkanes of at least 4 members (excludes halogenated alkanes) is 1. The van der Waals surface area contributed by atoms with Gasteiger partial charge in [0, 0.05) is 6.20 Å². The summed E-state index contributed by atoms with van der Waals surface area (Å²) in [6.07, 6.45) is 1.04. The maximum Gasteiger partial charge on any atom is 0.351 e. The number of amides is 1. The molecule has 1 amide bonds. The van der Waals surface area contributed by atoms with Crippen LogP contribution in [-0.2, 0) is 13.9 Å². The smallest absolute Gasteiger partial charge is 0.351 e. The van der Waals surface area contributed by atoms with Crippen LogP contribution in [0.15, 0.2) is 24.4 Å². The summed E-state index contributed by atoms with van der Waals surface area (Å²) in [6, 6.07) is 4.71. The van der Waals surface area contributed by atoms with Gasteiger partial charge in [-0.05, 0) is 43.9 Å². The van der Waals surface area contributed by atoms with Crippen molar-refractivity contribution in [2.45, 2.75) is 45.0 Å². The van der Waals surface area contributed by atoms with Crippen molar-refractivity contribution in [3.63, 3.8) is 0 Å². The van der Waals surface area contributed by atoms with Gasteiger partial charge in [-0.3, -0.25) is 18.9 Å². The molecular weight excluding hydrogens is 361 g/mol. The van der Waals surface area contributed by atoms with E-state index in [9.17, 15) is 24.2 Å². The fraction of sp³-hybridized carbons (Fsp3) is 0.562. The molecule has 1 aromatic heterocycles. The third-order valence-corrected chi connectivity index (χ3v) is 5.62. The number of carbonyl (C=O) groups excluding carboxylic acids is 1. The Bertz CT molecular complexity index is 640. The van der Waals surface area contributed by atoms with Crippen LogP contribution in [0, 0.1) is 5.92 Å². The predicted molar refractivity (Wildman–Crippen MR) is 95.6 cm³/mol. The third kappa shape index (κ3) is 6.84. The van der Waals surface area contributed by atoms with Gasteiger partial charge in [0.15, 0.2) is 6.10 Å². The summed E-state index contributed by atoms with van der Waals surface area (Å²) in [7, 11) is -4.46.